The molecule has 0 aliphatic rings. The van der Waals surface area contributed by atoms with E-state index in [1.807, 2.05) is 6.92 Å². The molecule has 2 N–H and O–H groups in total. The molecule has 0 bridgehead atoms. The van der Waals surface area contributed by atoms with Crippen LogP contribution in [0.3, 0.4) is 0 Å². The lowest BCUT2D eigenvalue weighted by molar-refractivity contribution is -0.145. The Bertz CT molecular complexity index is 400. The van der Waals surface area contributed by atoms with Crippen LogP contribution in [0, 0.1) is 5.92 Å². The molecule has 0 rings (SSSR count). The van der Waals surface area contributed by atoms with Gasteiger partial charge in [0, 0.05) is 6.42 Å². The van der Waals surface area contributed by atoms with Gasteiger partial charge in [-0.2, -0.15) is 0 Å². The Morgan fingerprint density at radius 2 is 1.18 bits per heavy atom. The average Bonchev–Trinajstić information content (AvgIpc) is 2.79. The molecule has 0 aliphatic heterocycles. The van der Waals surface area contributed by atoms with Gasteiger partial charge >= 0.3 is 5.97 Å². The van der Waals surface area contributed by atoms with Gasteiger partial charge in [0.05, 0.1) is 12.7 Å². The van der Waals surface area contributed by atoms with E-state index in [-0.39, 0.29) is 12.1 Å². The fourth-order valence-corrected chi connectivity index (χ4v) is 4.42. The van der Waals surface area contributed by atoms with Crippen molar-refractivity contribution in [3.05, 3.63) is 0 Å². The minimum absolute atomic E-state index is 0.0281. The van der Waals surface area contributed by atoms with Crippen molar-refractivity contribution in [1.29, 1.82) is 0 Å². The highest BCUT2D eigenvalue weighted by atomic mass is 16.5. The second-order valence-corrected chi connectivity index (χ2v) is 10.2. The zero-order valence-corrected chi connectivity index (χ0v) is 22.7. The number of ether oxygens (including phenoxy) is 1. The van der Waals surface area contributed by atoms with E-state index in [0.717, 1.165) is 45.2 Å². The molecule has 0 spiro atoms. The molecule has 4 nitrogen and oxygen atoms in total. The standard InChI is InChI=1S/C29H59NO3/c1-4-6-8-10-11-15-22-28(21-14-9-7-5-2)26-29(32)33-25-19-13-12-17-23-30-24-18-16-20-27(3)31/h27-28,30-31H,4-26H2,1-3H3. The van der Waals surface area contributed by atoms with Crippen LogP contribution in [-0.4, -0.2) is 36.9 Å². The Hall–Kier alpha value is -0.610. The minimum Gasteiger partial charge on any atom is -0.466 e. The van der Waals surface area contributed by atoms with Crippen LogP contribution < -0.4 is 5.32 Å². The van der Waals surface area contributed by atoms with Gasteiger partial charge in [-0.3, -0.25) is 4.79 Å². The first-order valence-electron chi connectivity index (χ1n) is 14.6. The van der Waals surface area contributed by atoms with Gasteiger partial charge in [0.1, 0.15) is 0 Å². The summed E-state index contributed by atoms with van der Waals surface area (Å²) in [4.78, 5) is 12.4. The van der Waals surface area contributed by atoms with Gasteiger partial charge in [-0.1, -0.05) is 90.9 Å². The topological polar surface area (TPSA) is 58.6 Å². The number of nitrogens with one attached hydrogen (secondary N) is 1. The Kier molecular flexibility index (Phi) is 25.5. The molecule has 2 unspecified atom stereocenters. The molecular weight excluding hydrogens is 410 g/mol. The SMILES string of the molecule is CCCCCCCCC(CCCCCC)CC(=O)OCCCCCCNCCCCC(C)O. The largest absolute Gasteiger partial charge is 0.466 e. The van der Waals surface area contributed by atoms with E-state index >= 15 is 0 Å². The van der Waals surface area contributed by atoms with E-state index < -0.39 is 0 Å². The van der Waals surface area contributed by atoms with Crippen molar-refractivity contribution < 1.29 is 14.6 Å². The van der Waals surface area contributed by atoms with Gasteiger partial charge in [-0.15, -0.1) is 0 Å². The fraction of sp³-hybridized carbons (Fsp3) is 0.966. The third-order valence-corrected chi connectivity index (χ3v) is 6.62. The summed E-state index contributed by atoms with van der Waals surface area (Å²) in [6.45, 7) is 9.07. The normalized spacial score (nSPS) is 13.2. The van der Waals surface area contributed by atoms with E-state index in [1.54, 1.807) is 0 Å². The first-order valence-corrected chi connectivity index (χ1v) is 14.6. The number of carbonyl (C=O) groups is 1. The number of carbonyl (C=O) groups excluding carboxylic acids is 1. The third-order valence-electron chi connectivity index (χ3n) is 6.62. The summed E-state index contributed by atoms with van der Waals surface area (Å²) < 4.78 is 5.58. The zero-order chi connectivity index (χ0) is 24.4. The molecule has 0 radical (unpaired) electrons. The summed E-state index contributed by atoms with van der Waals surface area (Å²) in [5, 5.41) is 12.7. The average molecular weight is 470 g/mol. The Balaban J connectivity index is 3.76. The number of aliphatic hydroxyl groups is 1. The first-order chi connectivity index (χ1) is 16.1. The molecule has 0 saturated heterocycles. The highest BCUT2D eigenvalue weighted by Crippen LogP contribution is 2.22. The number of hydrogen-bond donors (Lipinski definition) is 2. The molecule has 0 amide bonds. The highest BCUT2D eigenvalue weighted by molar-refractivity contribution is 5.69. The maximum absolute atomic E-state index is 12.4. The minimum atomic E-state index is -0.170. The van der Waals surface area contributed by atoms with Gasteiger partial charge in [-0.05, 0) is 70.9 Å². The summed E-state index contributed by atoms with van der Waals surface area (Å²) in [6.07, 6.45) is 23.6. The number of rotatable bonds is 26. The van der Waals surface area contributed by atoms with E-state index in [4.69, 9.17) is 4.74 Å². The number of unbranched alkanes of at least 4 members (excludes halogenated alkanes) is 12. The van der Waals surface area contributed by atoms with Crippen LogP contribution >= 0.6 is 0 Å². The predicted octanol–water partition coefficient (Wildman–Crippen LogP) is 7.96. The van der Waals surface area contributed by atoms with Gasteiger partial charge in [-0.25, -0.2) is 0 Å². The van der Waals surface area contributed by atoms with E-state index in [9.17, 15) is 9.90 Å². The lowest BCUT2D eigenvalue weighted by atomic mass is 9.91. The van der Waals surface area contributed by atoms with Gasteiger partial charge in [0.25, 0.3) is 0 Å². The number of aliphatic hydroxyl groups excluding tert-OH is 1. The van der Waals surface area contributed by atoms with Gasteiger partial charge in [0.15, 0.2) is 0 Å². The maximum atomic E-state index is 12.4. The van der Waals surface area contributed by atoms with Crippen molar-refractivity contribution in [3.63, 3.8) is 0 Å². The molecule has 0 aromatic heterocycles. The smallest absolute Gasteiger partial charge is 0.306 e. The second kappa shape index (κ2) is 26.0. The van der Waals surface area contributed by atoms with Crippen molar-refractivity contribution in [1.82, 2.24) is 5.32 Å². The second-order valence-electron chi connectivity index (χ2n) is 10.2. The number of hydrogen-bond acceptors (Lipinski definition) is 4. The van der Waals surface area contributed by atoms with Crippen molar-refractivity contribution in [2.24, 2.45) is 5.92 Å². The molecule has 4 heteroatoms. The van der Waals surface area contributed by atoms with Gasteiger partial charge < -0.3 is 15.2 Å². The van der Waals surface area contributed by atoms with Crippen molar-refractivity contribution in [2.75, 3.05) is 19.7 Å². The quantitative estimate of drug-likeness (QED) is 0.0996. The summed E-state index contributed by atoms with van der Waals surface area (Å²) in [5.41, 5.74) is 0. The molecule has 0 saturated carbocycles. The molecular formula is C29H59NO3. The summed E-state index contributed by atoms with van der Waals surface area (Å²) in [5.74, 6) is 0.549. The maximum Gasteiger partial charge on any atom is 0.306 e. The summed E-state index contributed by atoms with van der Waals surface area (Å²) in [7, 11) is 0. The molecule has 198 valence electrons. The van der Waals surface area contributed by atoms with Crippen molar-refractivity contribution in [2.45, 2.75) is 155 Å². The van der Waals surface area contributed by atoms with Crippen LogP contribution in [0.5, 0.6) is 0 Å². The Morgan fingerprint density at radius 1 is 0.697 bits per heavy atom. The monoisotopic (exact) mass is 469 g/mol. The molecule has 33 heavy (non-hydrogen) atoms. The molecule has 0 aromatic rings. The zero-order valence-electron chi connectivity index (χ0n) is 22.7. The van der Waals surface area contributed by atoms with Crippen LogP contribution in [-0.2, 0) is 9.53 Å². The molecule has 0 aliphatic carbocycles. The predicted molar refractivity (Wildman–Crippen MR) is 143 cm³/mol. The van der Waals surface area contributed by atoms with Gasteiger partial charge in [0.2, 0.25) is 0 Å². The third kappa shape index (κ3) is 25.8. The first kappa shape index (κ1) is 32.4. The van der Waals surface area contributed by atoms with E-state index in [0.29, 0.717) is 18.9 Å². The molecule has 0 heterocycles. The van der Waals surface area contributed by atoms with Crippen molar-refractivity contribution in [3.8, 4) is 0 Å². The lowest BCUT2D eigenvalue weighted by Crippen LogP contribution is -2.17. The Labute approximate surface area is 207 Å². The molecule has 2 atom stereocenters. The summed E-state index contributed by atoms with van der Waals surface area (Å²) >= 11 is 0. The molecule has 0 aromatic carbocycles. The number of esters is 1. The summed E-state index contributed by atoms with van der Waals surface area (Å²) in [6, 6.07) is 0. The van der Waals surface area contributed by atoms with Crippen LogP contribution in [0.25, 0.3) is 0 Å². The Morgan fingerprint density at radius 3 is 1.82 bits per heavy atom. The fourth-order valence-electron chi connectivity index (χ4n) is 4.42. The van der Waals surface area contributed by atoms with Crippen LogP contribution in [0.2, 0.25) is 0 Å². The van der Waals surface area contributed by atoms with Crippen LogP contribution in [0.15, 0.2) is 0 Å². The van der Waals surface area contributed by atoms with Crippen LogP contribution in [0.4, 0.5) is 0 Å². The van der Waals surface area contributed by atoms with E-state index in [2.05, 4.69) is 19.2 Å². The van der Waals surface area contributed by atoms with E-state index in [1.165, 1.54) is 89.9 Å². The lowest BCUT2D eigenvalue weighted by Gasteiger charge is -2.16. The van der Waals surface area contributed by atoms with Crippen molar-refractivity contribution >= 4 is 5.97 Å². The highest BCUT2D eigenvalue weighted by Gasteiger charge is 2.14. The molecule has 0 fully saturated rings. The van der Waals surface area contributed by atoms with Crippen LogP contribution in [0.1, 0.15) is 149 Å².